The number of hydrogen-bond acceptors (Lipinski definition) is 4. The van der Waals surface area contributed by atoms with E-state index in [1.165, 1.54) is 12.1 Å². The molecule has 0 saturated heterocycles. The first-order valence-corrected chi connectivity index (χ1v) is 4.89. The number of fused-ring (bicyclic) bond motifs is 1. The maximum absolute atomic E-state index is 11.8. The SMILES string of the molecule is CCOC(=O)[C-]1C(=O)c2ccccc2C1=O.[Na+]. The van der Waals surface area contributed by atoms with Crippen molar-refractivity contribution in [3.8, 4) is 0 Å². The minimum absolute atomic E-state index is 0. The minimum Gasteiger partial charge on any atom is -0.471 e. The normalized spacial score (nSPS) is 13.1. The Morgan fingerprint density at radius 2 is 1.65 bits per heavy atom. The molecule has 0 heterocycles. The molecule has 0 amide bonds. The fraction of sp³-hybridized carbons (Fsp3) is 0.167. The molecule has 5 heteroatoms. The van der Waals surface area contributed by atoms with Gasteiger partial charge < -0.3 is 14.3 Å². The van der Waals surface area contributed by atoms with E-state index in [1.807, 2.05) is 0 Å². The van der Waals surface area contributed by atoms with Gasteiger partial charge in [0, 0.05) is 5.92 Å². The average molecular weight is 240 g/mol. The molecule has 2 rings (SSSR count). The summed E-state index contributed by atoms with van der Waals surface area (Å²) in [7, 11) is 0. The van der Waals surface area contributed by atoms with E-state index in [0.29, 0.717) is 0 Å². The van der Waals surface area contributed by atoms with Crippen LogP contribution < -0.4 is 29.6 Å². The van der Waals surface area contributed by atoms with Crippen molar-refractivity contribution in [2.45, 2.75) is 6.92 Å². The Hall–Kier alpha value is -1.10. The summed E-state index contributed by atoms with van der Waals surface area (Å²) in [5.74, 6) is -2.31. The van der Waals surface area contributed by atoms with Crippen molar-refractivity contribution in [3.63, 3.8) is 0 Å². The van der Waals surface area contributed by atoms with Crippen LogP contribution in [0, 0.1) is 5.92 Å². The van der Waals surface area contributed by atoms with Crippen molar-refractivity contribution in [1.82, 2.24) is 0 Å². The number of ether oxygens (including phenoxy) is 1. The van der Waals surface area contributed by atoms with E-state index in [4.69, 9.17) is 0 Å². The van der Waals surface area contributed by atoms with Gasteiger partial charge in [-0.05, 0) is 6.92 Å². The van der Waals surface area contributed by atoms with Gasteiger partial charge in [0.2, 0.25) is 0 Å². The van der Waals surface area contributed by atoms with Gasteiger partial charge in [0.05, 0.1) is 18.2 Å². The summed E-state index contributed by atoms with van der Waals surface area (Å²) in [4.78, 5) is 35.0. The number of carbonyl (C=O) groups excluding carboxylic acids is 3. The van der Waals surface area contributed by atoms with Crippen molar-refractivity contribution in [2.75, 3.05) is 6.61 Å². The minimum atomic E-state index is -0.839. The number of esters is 1. The molecule has 0 radical (unpaired) electrons. The van der Waals surface area contributed by atoms with Crippen molar-refractivity contribution >= 4 is 17.5 Å². The molecule has 0 spiro atoms. The molecule has 1 aromatic carbocycles. The molecule has 0 atom stereocenters. The molecular weight excluding hydrogens is 231 g/mol. The number of rotatable bonds is 2. The third-order valence-corrected chi connectivity index (χ3v) is 2.35. The smallest absolute Gasteiger partial charge is 0.471 e. The molecule has 0 aromatic heterocycles. The fourth-order valence-corrected chi connectivity index (χ4v) is 1.64. The number of benzene rings is 1. The predicted molar refractivity (Wildman–Crippen MR) is 55.0 cm³/mol. The van der Waals surface area contributed by atoms with Gasteiger partial charge in [0.25, 0.3) is 5.97 Å². The number of ketones is 2. The van der Waals surface area contributed by atoms with Crippen LogP contribution in [-0.4, -0.2) is 24.1 Å². The standard InChI is InChI=1S/C12H9O4.Na/c1-2-16-12(15)9-10(13)7-5-3-4-6-8(7)11(9)14;/h3-6H,2H2,1H3;/q-1;+1. The summed E-state index contributed by atoms with van der Waals surface area (Å²) in [5.41, 5.74) is 0.547. The topological polar surface area (TPSA) is 60.4 Å². The van der Waals surface area contributed by atoms with E-state index < -0.39 is 17.5 Å². The van der Waals surface area contributed by atoms with E-state index in [2.05, 4.69) is 4.74 Å². The molecule has 82 valence electrons. The zero-order valence-electron chi connectivity index (χ0n) is 9.65. The maximum atomic E-state index is 11.8. The third-order valence-electron chi connectivity index (χ3n) is 2.35. The fourth-order valence-electron chi connectivity index (χ4n) is 1.64. The molecule has 0 bridgehead atoms. The Labute approximate surface area is 121 Å². The van der Waals surface area contributed by atoms with Gasteiger partial charge in [0.1, 0.15) is 0 Å². The predicted octanol–water partition coefficient (Wildman–Crippen LogP) is -1.79. The van der Waals surface area contributed by atoms with Gasteiger partial charge in [-0.1, -0.05) is 12.1 Å². The molecule has 0 fully saturated rings. The monoisotopic (exact) mass is 240 g/mol. The van der Waals surface area contributed by atoms with E-state index in [1.54, 1.807) is 19.1 Å². The molecule has 17 heavy (non-hydrogen) atoms. The van der Waals surface area contributed by atoms with E-state index >= 15 is 0 Å². The molecule has 0 saturated carbocycles. The summed E-state index contributed by atoms with van der Waals surface area (Å²) in [6.45, 7) is 1.76. The Bertz CT molecular complexity index is 446. The van der Waals surface area contributed by atoms with Crippen LogP contribution in [0.5, 0.6) is 0 Å². The molecule has 1 aliphatic rings. The van der Waals surface area contributed by atoms with Crippen molar-refractivity contribution in [1.29, 1.82) is 0 Å². The van der Waals surface area contributed by atoms with Gasteiger partial charge in [-0.2, -0.15) is 0 Å². The van der Waals surface area contributed by atoms with Crippen molar-refractivity contribution in [2.24, 2.45) is 0 Å². The van der Waals surface area contributed by atoms with Crippen molar-refractivity contribution < 1.29 is 48.7 Å². The van der Waals surface area contributed by atoms with Crippen LogP contribution in [0.15, 0.2) is 24.3 Å². The number of Topliss-reactive ketones (excluding diaryl/α,β-unsaturated/α-hetero) is 2. The molecular formula is C12H9NaO4. The Balaban J connectivity index is 0.00000144. The number of hydrogen-bond donors (Lipinski definition) is 0. The first-order valence-electron chi connectivity index (χ1n) is 4.89. The summed E-state index contributed by atoms with van der Waals surface area (Å²) in [5, 5.41) is 0. The second-order valence-electron chi connectivity index (χ2n) is 3.30. The van der Waals surface area contributed by atoms with E-state index in [0.717, 1.165) is 0 Å². The molecule has 0 aliphatic heterocycles. The van der Waals surface area contributed by atoms with Gasteiger partial charge in [-0.3, -0.25) is 4.79 Å². The van der Waals surface area contributed by atoms with E-state index in [9.17, 15) is 14.4 Å². The molecule has 4 nitrogen and oxygen atoms in total. The Morgan fingerprint density at radius 1 is 1.18 bits per heavy atom. The summed E-state index contributed by atoms with van der Waals surface area (Å²) < 4.78 is 4.68. The summed E-state index contributed by atoms with van der Waals surface area (Å²) >= 11 is 0. The average Bonchev–Trinajstić information content (AvgIpc) is 2.53. The molecule has 0 unspecified atom stereocenters. The van der Waals surface area contributed by atoms with Crippen LogP contribution in [0.4, 0.5) is 0 Å². The Morgan fingerprint density at radius 3 is 2.06 bits per heavy atom. The van der Waals surface area contributed by atoms with Gasteiger partial charge in [0.15, 0.2) is 0 Å². The van der Waals surface area contributed by atoms with Crippen LogP contribution in [0.1, 0.15) is 27.6 Å². The number of carbonyl (C=O) groups is 3. The van der Waals surface area contributed by atoms with Crippen LogP contribution >= 0.6 is 0 Å². The van der Waals surface area contributed by atoms with E-state index in [-0.39, 0.29) is 53.2 Å². The van der Waals surface area contributed by atoms with Crippen LogP contribution in [0.3, 0.4) is 0 Å². The maximum Gasteiger partial charge on any atom is 1.00 e. The zero-order valence-corrected chi connectivity index (χ0v) is 11.6. The summed E-state index contributed by atoms with van der Waals surface area (Å²) in [6.07, 6.45) is 0. The first-order chi connectivity index (χ1) is 7.66. The van der Waals surface area contributed by atoms with Crippen LogP contribution in [0.2, 0.25) is 0 Å². The zero-order chi connectivity index (χ0) is 11.7. The quantitative estimate of drug-likeness (QED) is 0.348. The molecule has 0 N–H and O–H groups in total. The molecule has 1 aromatic rings. The van der Waals surface area contributed by atoms with Gasteiger partial charge >= 0.3 is 29.6 Å². The van der Waals surface area contributed by atoms with Gasteiger partial charge in [-0.25, -0.2) is 0 Å². The molecule has 1 aliphatic carbocycles. The Kier molecular flexibility index (Phi) is 4.51. The largest absolute Gasteiger partial charge is 1.00 e. The van der Waals surface area contributed by atoms with Gasteiger partial charge in [-0.15, -0.1) is 23.3 Å². The van der Waals surface area contributed by atoms with Crippen LogP contribution in [0.25, 0.3) is 0 Å². The second-order valence-corrected chi connectivity index (χ2v) is 3.30. The second kappa shape index (κ2) is 5.49. The summed E-state index contributed by atoms with van der Waals surface area (Å²) in [6, 6.07) is 6.36. The first kappa shape index (κ1) is 14.0. The third kappa shape index (κ3) is 2.29. The van der Waals surface area contributed by atoms with Crippen LogP contribution in [-0.2, 0) is 9.53 Å². The van der Waals surface area contributed by atoms with Crippen molar-refractivity contribution in [3.05, 3.63) is 41.3 Å².